The van der Waals surface area contributed by atoms with E-state index in [1.165, 1.54) is 7.11 Å². The number of carbonyl (C=O) groups is 2. The van der Waals surface area contributed by atoms with Crippen molar-refractivity contribution in [3.8, 4) is 0 Å². The van der Waals surface area contributed by atoms with Crippen LogP contribution in [0.5, 0.6) is 0 Å². The van der Waals surface area contributed by atoms with Crippen molar-refractivity contribution in [3.63, 3.8) is 0 Å². The minimum absolute atomic E-state index is 0.0494. The van der Waals surface area contributed by atoms with Gasteiger partial charge in [0.25, 0.3) is 0 Å². The Morgan fingerprint density at radius 1 is 1.15 bits per heavy atom. The first-order valence-electron chi connectivity index (χ1n) is 7.13. The predicted octanol–water partition coefficient (Wildman–Crippen LogP) is 3.19. The number of hydrogen-bond donors (Lipinski definition) is 0. The van der Waals surface area contributed by atoms with Gasteiger partial charge in [-0.05, 0) is 25.7 Å². The smallest absolute Gasteiger partial charge is 0.313 e. The number of carbonyl (C=O) groups excluding carboxylic acids is 2. The van der Waals surface area contributed by atoms with Gasteiger partial charge in [-0.3, -0.25) is 9.59 Å². The molecule has 0 spiro atoms. The van der Waals surface area contributed by atoms with Crippen LogP contribution in [0.1, 0.15) is 54.9 Å². The van der Waals surface area contributed by atoms with Crippen LogP contribution in [-0.2, 0) is 19.1 Å². The van der Waals surface area contributed by atoms with Crippen LogP contribution in [0.4, 0.5) is 0 Å². The molecule has 1 rings (SSSR count). The Morgan fingerprint density at radius 3 is 2.00 bits per heavy atom. The lowest BCUT2D eigenvalue weighted by Crippen LogP contribution is -2.60. The summed E-state index contributed by atoms with van der Waals surface area (Å²) in [6, 6.07) is 0. The maximum atomic E-state index is 12.0. The summed E-state index contributed by atoms with van der Waals surface area (Å²) in [6.45, 7) is 13.9. The van der Waals surface area contributed by atoms with Gasteiger partial charge in [-0.15, -0.1) is 0 Å². The van der Waals surface area contributed by atoms with Crippen LogP contribution in [-0.4, -0.2) is 25.2 Å². The summed E-state index contributed by atoms with van der Waals surface area (Å²) in [4.78, 5) is 23.8. The lowest BCUT2D eigenvalue weighted by atomic mass is 9.59. The third-order valence-electron chi connectivity index (χ3n) is 4.76. The highest BCUT2D eigenvalue weighted by Gasteiger charge is 2.59. The highest BCUT2D eigenvalue weighted by Crippen LogP contribution is 2.51. The lowest BCUT2D eigenvalue weighted by molar-refractivity contribution is -0.218. The second-order valence-electron chi connectivity index (χ2n) is 8.07. The average molecular weight is 284 g/mol. The van der Waals surface area contributed by atoms with E-state index in [9.17, 15) is 9.59 Å². The molecule has 0 unspecified atom stereocenters. The first-order chi connectivity index (χ1) is 8.84. The number of methoxy groups -OCH3 is 1. The summed E-state index contributed by atoms with van der Waals surface area (Å²) in [5.74, 6) is -0.576. The summed E-state index contributed by atoms with van der Waals surface area (Å²) >= 11 is 0. The number of rotatable bonds is 4. The number of ether oxygens (including phenoxy) is 2. The predicted molar refractivity (Wildman–Crippen MR) is 77.0 cm³/mol. The molecular formula is C16H28O4. The molecule has 0 saturated carbocycles. The average Bonchev–Trinajstić information content (AvgIpc) is 2.30. The Kier molecular flexibility index (Phi) is 4.29. The molecule has 0 bridgehead atoms. The van der Waals surface area contributed by atoms with Crippen molar-refractivity contribution < 1.29 is 19.1 Å². The molecule has 2 atom stereocenters. The molecule has 0 amide bonds. The summed E-state index contributed by atoms with van der Waals surface area (Å²) in [5, 5.41) is 0. The minimum Gasteiger partial charge on any atom is -0.469 e. The van der Waals surface area contributed by atoms with Crippen molar-refractivity contribution in [2.24, 2.45) is 22.2 Å². The topological polar surface area (TPSA) is 52.6 Å². The summed E-state index contributed by atoms with van der Waals surface area (Å²) in [5.41, 5.74) is -1.15. The van der Waals surface area contributed by atoms with Crippen molar-refractivity contribution >= 4 is 11.9 Å². The monoisotopic (exact) mass is 284 g/mol. The van der Waals surface area contributed by atoms with Crippen molar-refractivity contribution in [2.75, 3.05) is 7.11 Å². The van der Waals surface area contributed by atoms with Gasteiger partial charge < -0.3 is 9.47 Å². The molecule has 20 heavy (non-hydrogen) atoms. The maximum Gasteiger partial charge on any atom is 0.313 e. The molecule has 4 heteroatoms. The molecule has 116 valence electrons. The van der Waals surface area contributed by atoms with E-state index in [0.29, 0.717) is 0 Å². The first kappa shape index (κ1) is 17.0. The molecule has 1 aliphatic heterocycles. The zero-order chi connectivity index (χ0) is 15.9. The van der Waals surface area contributed by atoms with E-state index in [1.807, 2.05) is 27.7 Å². The molecule has 1 saturated heterocycles. The molecule has 0 aromatic carbocycles. The molecule has 1 fully saturated rings. The van der Waals surface area contributed by atoms with Gasteiger partial charge in [0.15, 0.2) is 0 Å². The van der Waals surface area contributed by atoms with Crippen LogP contribution in [0.3, 0.4) is 0 Å². The zero-order valence-corrected chi connectivity index (χ0v) is 14.0. The Bertz CT molecular complexity index is 401. The maximum absolute atomic E-state index is 12.0. The van der Waals surface area contributed by atoms with Crippen LogP contribution < -0.4 is 0 Å². The first-order valence-corrected chi connectivity index (χ1v) is 7.13. The second-order valence-corrected chi connectivity index (χ2v) is 8.07. The molecule has 0 aromatic heterocycles. The molecule has 1 aliphatic rings. The minimum atomic E-state index is -0.719. The largest absolute Gasteiger partial charge is 0.469 e. The summed E-state index contributed by atoms with van der Waals surface area (Å²) in [7, 11) is 1.39. The highest BCUT2D eigenvalue weighted by molar-refractivity contribution is 5.81. The van der Waals surface area contributed by atoms with Crippen LogP contribution in [0.15, 0.2) is 0 Å². The molecule has 0 aromatic rings. The van der Waals surface area contributed by atoms with E-state index < -0.39 is 10.8 Å². The lowest BCUT2D eigenvalue weighted by Gasteiger charge is -2.51. The molecule has 0 aliphatic carbocycles. The van der Waals surface area contributed by atoms with E-state index in [1.54, 1.807) is 0 Å². The van der Waals surface area contributed by atoms with E-state index >= 15 is 0 Å². The van der Waals surface area contributed by atoms with Crippen LogP contribution >= 0.6 is 0 Å². The van der Waals surface area contributed by atoms with Gasteiger partial charge >= 0.3 is 11.9 Å². The standard InChI is InChI=1S/C16H28O4/c1-14(2,3)9-10-11(20-12(10)17)15(4,5)16(6,7)13(18)19-8/h10-11H,9H2,1-8H3/t10-,11+/m0/s1. The third kappa shape index (κ3) is 2.84. The molecule has 0 radical (unpaired) electrons. The van der Waals surface area contributed by atoms with Crippen molar-refractivity contribution in [1.29, 1.82) is 0 Å². The Labute approximate surface area is 122 Å². The molecular weight excluding hydrogens is 256 g/mol. The van der Waals surface area contributed by atoms with Gasteiger partial charge in [-0.2, -0.15) is 0 Å². The van der Waals surface area contributed by atoms with Gasteiger partial charge in [0, 0.05) is 5.41 Å². The van der Waals surface area contributed by atoms with Crippen LogP contribution in [0.25, 0.3) is 0 Å². The van der Waals surface area contributed by atoms with Crippen molar-refractivity contribution in [1.82, 2.24) is 0 Å². The Hall–Kier alpha value is -1.06. The summed E-state index contributed by atoms with van der Waals surface area (Å²) in [6.07, 6.45) is 0.514. The van der Waals surface area contributed by atoms with Gasteiger partial charge in [0.2, 0.25) is 0 Å². The van der Waals surface area contributed by atoms with Gasteiger partial charge in [-0.1, -0.05) is 34.6 Å². The van der Waals surface area contributed by atoms with E-state index in [2.05, 4.69) is 20.8 Å². The SMILES string of the molecule is COC(=O)C(C)(C)C(C)(C)[C@@H]1OC(=O)[C@H]1CC(C)(C)C. The fraction of sp³-hybridized carbons (Fsp3) is 0.875. The normalized spacial score (nSPS) is 23.9. The van der Waals surface area contributed by atoms with Gasteiger partial charge in [0.1, 0.15) is 6.10 Å². The fourth-order valence-corrected chi connectivity index (χ4v) is 2.72. The number of cyclic esters (lactones) is 1. The van der Waals surface area contributed by atoms with E-state index in [4.69, 9.17) is 9.47 Å². The number of esters is 2. The zero-order valence-electron chi connectivity index (χ0n) is 14.0. The third-order valence-corrected chi connectivity index (χ3v) is 4.76. The molecule has 1 heterocycles. The Balaban J connectivity index is 2.98. The molecule has 0 N–H and O–H groups in total. The van der Waals surface area contributed by atoms with Gasteiger partial charge in [0.05, 0.1) is 18.4 Å². The van der Waals surface area contributed by atoms with Crippen molar-refractivity contribution in [2.45, 2.75) is 61.0 Å². The van der Waals surface area contributed by atoms with Crippen molar-refractivity contribution in [3.05, 3.63) is 0 Å². The Morgan fingerprint density at radius 2 is 1.65 bits per heavy atom. The van der Waals surface area contributed by atoms with Crippen LogP contribution in [0.2, 0.25) is 0 Å². The van der Waals surface area contributed by atoms with Gasteiger partial charge in [-0.25, -0.2) is 0 Å². The highest BCUT2D eigenvalue weighted by atomic mass is 16.6. The van der Waals surface area contributed by atoms with Crippen LogP contribution in [0, 0.1) is 22.2 Å². The van der Waals surface area contributed by atoms with E-state index in [-0.39, 0.29) is 29.4 Å². The second kappa shape index (κ2) is 5.05. The number of hydrogen-bond acceptors (Lipinski definition) is 4. The molecule has 4 nitrogen and oxygen atoms in total. The van der Waals surface area contributed by atoms with E-state index in [0.717, 1.165) is 6.42 Å². The fourth-order valence-electron chi connectivity index (χ4n) is 2.72. The summed E-state index contributed by atoms with van der Waals surface area (Å²) < 4.78 is 10.3. The quantitative estimate of drug-likeness (QED) is 0.744.